The van der Waals surface area contributed by atoms with Crippen LogP contribution in [0.3, 0.4) is 0 Å². The van der Waals surface area contributed by atoms with Gasteiger partial charge in [0, 0.05) is 66.4 Å². The number of hydrogen-bond donors (Lipinski definition) is 0. The number of allylic oxidation sites excluding steroid dienone is 1. The van der Waals surface area contributed by atoms with Crippen LogP contribution >= 0.6 is 0 Å². The van der Waals surface area contributed by atoms with E-state index in [0.717, 1.165) is 79.0 Å². The van der Waals surface area contributed by atoms with Crippen molar-refractivity contribution >= 4 is 60.6 Å². The highest BCUT2D eigenvalue weighted by Crippen LogP contribution is 2.46. The van der Waals surface area contributed by atoms with E-state index in [-0.39, 0.29) is 16.7 Å². The predicted octanol–water partition coefficient (Wildman–Crippen LogP) is 15.4. The summed E-state index contributed by atoms with van der Waals surface area (Å²) in [5.74, 6) is 0. The molecule has 0 saturated heterocycles. The lowest BCUT2D eigenvalue weighted by Crippen LogP contribution is -2.04. The van der Waals surface area contributed by atoms with Gasteiger partial charge in [0.05, 0.1) is 44.3 Å². The molecule has 6 heteroatoms. The number of hydrogen-bond acceptors (Lipinski definition) is 3. The van der Waals surface area contributed by atoms with E-state index in [1.165, 1.54) is 16.6 Å². The van der Waals surface area contributed by atoms with E-state index in [1.807, 2.05) is 36.4 Å². The Bertz CT molecular complexity index is 3950. The quantitative estimate of drug-likeness (QED) is 0.167. The molecule has 0 N–H and O–H groups in total. The second-order valence-corrected chi connectivity index (χ2v) is 17.6. The first-order chi connectivity index (χ1) is 34.1. The van der Waals surface area contributed by atoms with Crippen LogP contribution in [0.25, 0.3) is 111 Å². The van der Waals surface area contributed by atoms with Crippen LogP contribution in [0.15, 0.2) is 200 Å². The van der Waals surface area contributed by atoms with Crippen molar-refractivity contribution in [3.63, 3.8) is 0 Å². The molecule has 0 amide bonds. The summed E-state index contributed by atoms with van der Waals surface area (Å²) < 4.78 is 6.80. The molecule has 69 heavy (non-hydrogen) atoms. The molecule has 0 spiro atoms. The zero-order valence-corrected chi connectivity index (χ0v) is 37.2. The lowest BCUT2D eigenvalue weighted by Gasteiger charge is -2.20. The van der Waals surface area contributed by atoms with Crippen LogP contribution < -0.4 is 0 Å². The summed E-state index contributed by atoms with van der Waals surface area (Å²) in [6.45, 7) is 0. The van der Waals surface area contributed by atoms with E-state index >= 15 is 0 Å². The summed E-state index contributed by atoms with van der Waals surface area (Å²) in [5.41, 5.74) is 15.3. The molecular weight excluding hydrogens is 841 g/mol. The molecule has 1 aliphatic rings. The summed E-state index contributed by atoms with van der Waals surface area (Å²) in [6.07, 6.45) is 6.43. The Morgan fingerprint density at radius 2 is 0.638 bits per heavy atom. The lowest BCUT2D eigenvalue weighted by atomic mass is 9.80. The van der Waals surface area contributed by atoms with Crippen molar-refractivity contribution in [1.29, 1.82) is 15.8 Å². The first-order valence-electron chi connectivity index (χ1n) is 23.2. The van der Waals surface area contributed by atoms with Crippen molar-refractivity contribution in [1.82, 2.24) is 13.7 Å². The van der Waals surface area contributed by atoms with Crippen LogP contribution in [0.4, 0.5) is 0 Å². The molecule has 9 aromatic carbocycles. The van der Waals surface area contributed by atoms with Gasteiger partial charge in [-0.15, -0.1) is 0 Å². The van der Waals surface area contributed by atoms with E-state index in [9.17, 15) is 15.8 Å². The van der Waals surface area contributed by atoms with E-state index in [0.29, 0.717) is 33.4 Å². The summed E-state index contributed by atoms with van der Waals surface area (Å²) in [5, 5.41) is 39.9. The minimum Gasteiger partial charge on any atom is -0.310 e. The minimum atomic E-state index is 0.273. The van der Waals surface area contributed by atoms with Gasteiger partial charge in [-0.05, 0) is 108 Å². The van der Waals surface area contributed by atoms with Crippen LogP contribution in [-0.4, -0.2) is 13.7 Å². The fraction of sp³-hybridized carbons (Fsp3) is 0.0317. The summed E-state index contributed by atoms with van der Waals surface area (Å²) in [7, 11) is 0. The van der Waals surface area contributed by atoms with Gasteiger partial charge in [0.15, 0.2) is 0 Å². The first kappa shape index (κ1) is 39.7. The summed E-state index contributed by atoms with van der Waals surface area (Å²) in [4.78, 5) is 0. The van der Waals surface area contributed by atoms with Crippen molar-refractivity contribution in [3.8, 4) is 68.7 Å². The molecule has 0 fully saturated rings. The fourth-order valence-electron chi connectivity index (χ4n) is 11.1. The first-order valence-corrected chi connectivity index (χ1v) is 23.2. The van der Waals surface area contributed by atoms with E-state index in [2.05, 4.69) is 202 Å². The van der Waals surface area contributed by atoms with Gasteiger partial charge in [0.2, 0.25) is 0 Å². The largest absolute Gasteiger partial charge is 0.310 e. The van der Waals surface area contributed by atoms with Gasteiger partial charge < -0.3 is 13.7 Å². The SMILES string of the molecule is N#Cc1c(-c2ccc(-n3c4c(c5ccccc53)CCC=C4)cc2)c(C#N)c(-c2ccc(-n3c4ccccc4c4ccccc43)cc2)c(C#N)c1-c1ccc(-n2c3ccccc3c3ccccc32)cc1. The fourth-order valence-corrected chi connectivity index (χ4v) is 11.1. The monoisotopic (exact) mass is 878 g/mol. The standard InChI is InChI=1S/C63H38N6/c64-37-52-61(40-25-31-43(32-26-40)67-55-19-7-1-13-46(55)47-14-2-8-20-56(47)67)53(38-65)63(42-29-35-45(36-30-42)69-59-23-11-5-17-50(59)51-18-6-12-24-60(51)69)54(39-66)62(52)41-27-33-44(34-28-41)68-57-21-9-3-15-48(57)49-16-4-10-22-58(49)68/h1-5,7-17,19-36H,6,18H2. The molecule has 1 aliphatic carbocycles. The third-order valence-electron chi connectivity index (χ3n) is 14.1. The molecule has 0 saturated carbocycles. The molecule has 0 aliphatic heterocycles. The number of nitriles is 3. The topological polar surface area (TPSA) is 86.2 Å². The average Bonchev–Trinajstić information content (AvgIpc) is 4.06. The molecular formula is C63H38N6. The molecule has 3 heterocycles. The van der Waals surface area contributed by atoms with Crippen molar-refractivity contribution in [2.75, 3.05) is 0 Å². The Kier molecular flexibility index (Phi) is 9.06. The number of fused-ring (bicyclic) bond motifs is 9. The number of nitrogens with zero attached hydrogens (tertiary/aromatic N) is 6. The average molecular weight is 879 g/mol. The maximum atomic E-state index is 11.3. The smallest absolute Gasteiger partial charge is 0.101 e. The molecule has 0 bridgehead atoms. The molecule has 0 atom stereocenters. The molecule has 0 radical (unpaired) electrons. The van der Waals surface area contributed by atoms with Crippen LogP contribution in [-0.2, 0) is 6.42 Å². The van der Waals surface area contributed by atoms with Crippen molar-refractivity contribution in [3.05, 3.63) is 228 Å². The number of aryl methyl sites for hydroxylation is 1. The maximum absolute atomic E-state index is 11.3. The highest BCUT2D eigenvalue weighted by molar-refractivity contribution is 6.10. The predicted molar refractivity (Wildman–Crippen MR) is 280 cm³/mol. The van der Waals surface area contributed by atoms with Crippen LogP contribution in [0.5, 0.6) is 0 Å². The van der Waals surface area contributed by atoms with Gasteiger partial charge in [-0.1, -0.05) is 133 Å². The third-order valence-corrected chi connectivity index (χ3v) is 14.1. The Morgan fingerprint density at radius 3 is 0.986 bits per heavy atom. The van der Waals surface area contributed by atoms with Gasteiger partial charge in [0.1, 0.15) is 18.2 Å². The lowest BCUT2D eigenvalue weighted by molar-refractivity contribution is 0.967. The van der Waals surface area contributed by atoms with Crippen LogP contribution in [0.1, 0.15) is 34.4 Å². The van der Waals surface area contributed by atoms with Crippen molar-refractivity contribution in [2.24, 2.45) is 0 Å². The minimum absolute atomic E-state index is 0.273. The number of benzene rings is 9. The Hall–Kier alpha value is -9.67. The third kappa shape index (κ3) is 5.95. The normalized spacial score (nSPS) is 12.1. The summed E-state index contributed by atoms with van der Waals surface area (Å²) >= 11 is 0. The van der Waals surface area contributed by atoms with Gasteiger partial charge in [0.25, 0.3) is 0 Å². The second kappa shape index (κ2) is 15.7. The number of aromatic nitrogens is 3. The molecule has 3 aromatic heterocycles. The summed E-state index contributed by atoms with van der Waals surface area (Å²) in [6, 6.07) is 74.1. The van der Waals surface area contributed by atoms with Crippen molar-refractivity contribution < 1.29 is 0 Å². The highest BCUT2D eigenvalue weighted by atomic mass is 15.0. The molecule has 13 rings (SSSR count). The van der Waals surface area contributed by atoms with Crippen LogP contribution in [0.2, 0.25) is 0 Å². The van der Waals surface area contributed by atoms with Crippen LogP contribution in [0, 0.1) is 34.0 Å². The molecule has 6 nitrogen and oxygen atoms in total. The highest BCUT2D eigenvalue weighted by Gasteiger charge is 2.28. The molecule has 12 aromatic rings. The Balaban J connectivity index is 1.02. The zero-order chi connectivity index (χ0) is 46.2. The van der Waals surface area contributed by atoms with Crippen molar-refractivity contribution in [2.45, 2.75) is 12.8 Å². The van der Waals surface area contributed by atoms with E-state index < -0.39 is 0 Å². The van der Waals surface area contributed by atoms with Gasteiger partial charge in [-0.2, -0.15) is 15.8 Å². The van der Waals surface area contributed by atoms with Gasteiger partial charge in [-0.3, -0.25) is 0 Å². The molecule has 320 valence electrons. The van der Waals surface area contributed by atoms with Gasteiger partial charge >= 0.3 is 0 Å². The van der Waals surface area contributed by atoms with E-state index in [4.69, 9.17) is 0 Å². The second-order valence-electron chi connectivity index (χ2n) is 17.6. The maximum Gasteiger partial charge on any atom is 0.101 e. The Morgan fingerprint density at radius 1 is 0.333 bits per heavy atom. The Labute approximate surface area is 397 Å². The van der Waals surface area contributed by atoms with E-state index in [1.54, 1.807) is 0 Å². The number of para-hydroxylation sites is 5. The van der Waals surface area contributed by atoms with Gasteiger partial charge in [-0.25, -0.2) is 0 Å². The number of rotatable bonds is 6. The molecule has 0 unspecified atom stereocenters. The zero-order valence-electron chi connectivity index (χ0n) is 37.2.